The van der Waals surface area contributed by atoms with Crippen molar-refractivity contribution in [3.05, 3.63) is 35.4 Å². The van der Waals surface area contributed by atoms with Crippen LogP contribution in [0.25, 0.3) is 0 Å². The molecule has 110 valence electrons. The third-order valence-corrected chi connectivity index (χ3v) is 2.90. The zero-order chi connectivity index (χ0) is 14.8. The van der Waals surface area contributed by atoms with Crippen LogP contribution >= 0.6 is 0 Å². The second-order valence-electron chi connectivity index (χ2n) is 4.42. The highest BCUT2D eigenvalue weighted by Crippen LogP contribution is 2.30. The van der Waals surface area contributed by atoms with E-state index in [4.69, 9.17) is 0 Å². The molecule has 0 aliphatic carbocycles. The SMILES string of the molecule is CCn1nccc1CNCc1cn(C)nc1C(F)(F)F. The monoisotopic (exact) mass is 287 g/mol. The Kier molecular flexibility index (Phi) is 4.12. The van der Waals surface area contributed by atoms with E-state index >= 15 is 0 Å². The first-order valence-corrected chi connectivity index (χ1v) is 6.23. The van der Waals surface area contributed by atoms with E-state index in [9.17, 15) is 13.2 Å². The summed E-state index contributed by atoms with van der Waals surface area (Å²) in [4.78, 5) is 0. The van der Waals surface area contributed by atoms with E-state index < -0.39 is 11.9 Å². The number of hydrogen-bond acceptors (Lipinski definition) is 3. The van der Waals surface area contributed by atoms with E-state index in [0.29, 0.717) is 6.54 Å². The lowest BCUT2D eigenvalue weighted by Gasteiger charge is -2.08. The third-order valence-electron chi connectivity index (χ3n) is 2.90. The van der Waals surface area contributed by atoms with Gasteiger partial charge in [-0.05, 0) is 13.0 Å². The van der Waals surface area contributed by atoms with Crippen molar-refractivity contribution in [2.24, 2.45) is 7.05 Å². The minimum atomic E-state index is -4.43. The predicted molar refractivity (Wildman–Crippen MR) is 66.7 cm³/mol. The Balaban J connectivity index is 2.01. The molecule has 20 heavy (non-hydrogen) atoms. The summed E-state index contributed by atoms with van der Waals surface area (Å²) in [7, 11) is 1.48. The summed E-state index contributed by atoms with van der Waals surface area (Å²) >= 11 is 0. The molecule has 0 aromatic carbocycles. The van der Waals surface area contributed by atoms with Gasteiger partial charge in [-0.2, -0.15) is 23.4 Å². The smallest absolute Gasteiger partial charge is 0.307 e. The summed E-state index contributed by atoms with van der Waals surface area (Å²) in [5, 5.41) is 10.6. The van der Waals surface area contributed by atoms with Gasteiger partial charge in [0.2, 0.25) is 0 Å². The van der Waals surface area contributed by atoms with Gasteiger partial charge in [-0.25, -0.2) is 0 Å². The van der Waals surface area contributed by atoms with E-state index in [1.807, 2.05) is 13.0 Å². The topological polar surface area (TPSA) is 47.7 Å². The van der Waals surface area contributed by atoms with Gasteiger partial charge in [0.25, 0.3) is 0 Å². The quantitative estimate of drug-likeness (QED) is 0.914. The molecule has 0 amide bonds. The molecule has 2 aromatic heterocycles. The van der Waals surface area contributed by atoms with E-state index in [1.54, 1.807) is 10.9 Å². The zero-order valence-corrected chi connectivity index (χ0v) is 11.3. The molecule has 0 atom stereocenters. The second kappa shape index (κ2) is 5.66. The molecule has 0 aliphatic rings. The van der Waals surface area contributed by atoms with Crippen LogP contribution in [-0.4, -0.2) is 19.6 Å². The van der Waals surface area contributed by atoms with Gasteiger partial charge >= 0.3 is 6.18 Å². The maximum Gasteiger partial charge on any atom is 0.435 e. The number of nitrogens with zero attached hydrogens (tertiary/aromatic N) is 4. The first kappa shape index (κ1) is 14.6. The van der Waals surface area contributed by atoms with Crippen molar-refractivity contribution in [3.8, 4) is 0 Å². The molecule has 2 rings (SSSR count). The van der Waals surface area contributed by atoms with Gasteiger partial charge in [0.15, 0.2) is 5.69 Å². The van der Waals surface area contributed by atoms with Crippen LogP contribution in [0, 0.1) is 0 Å². The van der Waals surface area contributed by atoms with Crippen LogP contribution in [0.3, 0.4) is 0 Å². The summed E-state index contributed by atoms with van der Waals surface area (Å²) in [5.41, 5.74) is 0.240. The Labute approximate surface area is 114 Å². The highest BCUT2D eigenvalue weighted by molar-refractivity contribution is 5.20. The molecule has 2 aromatic rings. The van der Waals surface area contributed by atoms with Gasteiger partial charge in [0, 0.05) is 44.6 Å². The zero-order valence-electron chi connectivity index (χ0n) is 11.3. The molecular weight excluding hydrogens is 271 g/mol. The number of nitrogens with one attached hydrogen (secondary N) is 1. The van der Waals surface area contributed by atoms with Crippen molar-refractivity contribution in [2.75, 3.05) is 0 Å². The van der Waals surface area contributed by atoms with Crippen LogP contribution in [0.2, 0.25) is 0 Å². The van der Waals surface area contributed by atoms with Crippen molar-refractivity contribution in [3.63, 3.8) is 0 Å². The van der Waals surface area contributed by atoms with Crippen LogP contribution in [0.1, 0.15) is 23.9 Å². The largest absolute Gasteiger partial charge is 0.435 e. The summed E-state index contributed by atoms with van der Waals surface area (Å²) < 4.78 is 41.3. The summed E-state index contributed by atoms with van der Waals surface area (Å²) in [6, 6.07) is 1.84. The number of halogens is 3. The molecule has 0 saturated heterocycles. The van der Waals surface area contributed by atoms with Crippen LogP contribution in [0.15, 0.2) is 18.5 Å². The minimum absolute atomic E-state index is 0.109. The van der Waals surface area contributed by atoms with E-state index in [0.717, 1.165) is 12.2 Å². The van der Waals surface area contributed by atoms with Crippen LogP contribution in [-0.2, 0) is 32.9 Å². The lowest BCUT2D eigenvalue weighted by molar-refractivity contribution is -0.142. The Bertz CT molecular complexity index is 570. The van der Waals surface area contributed by atoms with Gasteiger partial charge in [-0.15, -0.1) is 0 Å². The van der Waals surface area contributed by atoms with E-state index in [2.05, 4.69) is 15.5 Å². The normalized spacial score (nSPS) is 12.1. The Morgan fingerprint density at radius 1 is 1.30 bits per heavy atom. The Morgan fingerprint density at radius 2 is 2.05 bits per heavy atom. The molecule has 5 nitrogen and oxygen atoms in total. The molecule has 0 radical (unpaired) electrons. The van der Waals surface area contributed by atoms with Crippen LogP contribution in [0.5, 0.6) is 0 Å². The number of aryl methyl sites for hydroxylation is 2. The molecule has 0 bridgehead atoms. The van der Waals surface area contributed by atoms with Crippen LogP contribution in [0.4, 0.5) is 13.2 Å². The van der Waals surface area contributed by atoms with E-state index in [1.165, 1.54) is 17.9 Å². The van der Waals surface area contributed by atoms with Crippen LogP contribution < -0.4 is 5.32 Å². The molecule has 8 heteroatoms. The molecule has 0 unspecified atom stereocenters. The predicted octanol–water partition coefficient (Wildman–Crippen LogP) is 1.95. The minimum Gasteiger partial charge on any atom is -0.307 e. The van der Waals surface area contributed by atoms with Gasteiger partial charge < -0.3 is 5.32 Å². The average molecular weight is 287 g/mol. The molecule has 2 heterocycles. The van der Waals surface area contributed by atoms with Gasteiger partial charge in [-0.1, -0.05) is 0 Å². The summed E-state index contributed by atoms with van der Waals surface area (Å²) in [6.07, 6.45) is -1.37. The number of alkyl halides is 3. The maximum atomic E-state index is 12.8. The maximum absolute atomic E-state index is 12.8. The molecule has 0 fully saturated rings. The molecule has 0 aliphatic heterocycles. The highest BCUT2D eigenvalue weighted by Gasteiger charge is 2.36. The van der Waals surface area contributed by atoms with Crippen molar-refractivity contribution in [1.29, 1.82) is 0 Å². The first-order valence-electron chi connectivity index (χ1n) is 6.23. The summed E-state index contributed by atoms with van der Waals surface area (Å²) in [6.45, 7) is 3.25. The van der Waals surface area contributed by atoms with Gasteiger partial charge in [-0.3, -0.25) is 9.36 Å². The van der Waals surface area contributed by atoms with Crippen molar-refractivity contribution >= 4 is 0 Å². The fourth-order valence-corrected chi connectivity index (χ4v) is 2.03. The van der Waals surface area contributed by atoms with Gasteiger partial charge in [0.1, 0.15) is 0 Å². The Morgan fingerprint density at radius 3 is 2.70 bits per heavy atom. The first-order chi connectivity index (χ1) is 9.41. The molecule has 0 saturated carbocycles. The van der Waals surface area contributed by atoms with Gasteiger partial charge in [0.05, 0.1) is 5.69 Å². The lowest BCUT2D eigenvalue weighted by Crippen LogP contribution is -2.18. The fourth-order valence-electron chi connectivity index (χ4n) is 2.03. The summed E-state index contributed by atoms with van der Waals surface area (Å²) in [5.74, 6) is 0. The fraction of sp³-hybridized carbons (Fsp3) is 0.500. The molecule has 0 spiro atoms. The second-order valence-corrected chi connectivity index (χ2v) is 4.42. The standard InChI is InChI=1S/C12H16F3N5/c1-3-20-10(4-5-17-20)7-16-6-9-8-19(2)18-11(9)12(13,14)15/h4-5,8,16H,3,6-7H2,1-2H3. The molecule has 1 N–H and O–H groups in total. The Hall–Kier alpha value is -1.83. The number of hydrogen-bond donors (Lipinski definition) is 1. The van der Waals surface area contributed by atoms with E-state index in [-0.39, 0.29) is 12.1 Å². The van der Waals surface area contributed by atoms with Crippen molar-refractivity contribution in [2.45, 2.75) is 32.7 Å². The average Bonchev–Trinajstić information content (AvgIpc) is 2.95. The highest BCUT2D eigenvalue weighted by atomic mass is 19.4. The number of aromatic nitrogens is 4. The van der Waals surface area contributed by atoms with Crippen molar-refractivity contribution in [1.82, 2.24) is 24.9 Å². The number of rotatable bonds is 5. The molecular formula is C12H16F3N5. The lowest BCUT2D eigenvalue weighted by atomic mass is 10.2. The third kappa shape index (κ3) is 3.19. The van der Waals surface area contributed by atoms with Crippen molar-refractivity contribution < 1.29 is 13.2 Å².